The van der Waals surface area contributed by atoms with Crippen molar-refractivity contribution in [2.45, 2.75) is 31.3 Å². The highest BCUT2D eigenvalue weighted by atomic mass is 16.2. The molecule has 3 atom stereocenters. The Kier molecular flexibility index (Phi) is 6.52. The van der Waals surface area contributed by atoms with E-state index in [0.29, 0.717) is 29.4 Å². The smallest absolute Gasteiger partial charge is 0.262 e. The fourth-order valence-corrected chi connectivity index (χ4v) is 4.99. The number of nitrogens with zero attached hydrogens (tertiary/aromatic N) is 3. The molecule has 1 saturated carbocycles. The normalized spacial score (nSPS) is 22.2. The Balaban J connectivity index is 1.02. The number of rotatable bonds is 9. The number of imide groups is 2. The van der Waals surface area contributed by atoms with Crippen molar-refractivity contribution in [1.82, 2.24) is 30.9 Å². The predicted octanol–water partition coefficient (Wildman–Crippen LogP) is 1.62. The first-order valence-corrected chi connectivity index (χ1v) is 13.0. The van der Waals surface area contributed by atoms with E-state index in [0.717, 1.165) is 22.4 Å². The first-order valence-electron chi connectivity index (χ1n) is 13.0. The lowest BCUT2D eigenvalue weighted by molar-refractivity contribution is -0.136. The molecule has 5 N–H and O–H groups in total. The lowest BCUT2D eigenvalue weighted by Gasteiger charge is -2.27. The van der Waals surface area contributed by atoms with Crippen LogP contribution >= 0.6 is 0 Å². The molecule has 1 saturated heterocycles. The standard InChI is InChI=1S/C28H26N8O4/c29-11-16(23-14-31-20-3-1-2-4-21(20)33-23)12-30-22-9-15(22)13-32-35-17-5-6-18-19(10-17)28(40)36(27(18)39)24-7-8-25(37)34-26(24)38/h1-6,10-12,14-15,22,24,29-30,32,35H,7-9,13H2,(H,34,37,38)/b16-12+,29-11?. The maximum atomic E-state index is 13.0. The molecule has 0 bridgehead atoms. The zero-order valence-electron chi connectivity index (χ0n) is 21.3. The van der Waals surface area contributed by atoms with Gasteiger partial charge in [0, 0.05) is 42.7 Å². The number of anilines is 1. The van der Waals surface area contributed by atoms with Crippen molar-refractivity contribution in [2.75, 3.05) is 12.0 Å². The number of carbonyl (C=O) groups is 4. The molecule has 2 aromatic carbocycles. The summed E-state index contributed by atoms with van der Waals surface area (Å²) in [5.41, 5.74) is 10.1. The van der Waals surface area contributed by atoms with Crippen LogP contribution in [0.2, 0.25) is 0 Å². The van der Waals surface area contributed by atoms with Gasteiger partial charge in [-0.3, -0.25) is 34.4 Å². The first-order chi connectivity index (χ1) is 19.4. The molecule has 40 heavy (non-hydrogen) atoms. The number of nitrogens with one attached hydrogen (secondary N) is 5. The molecule has 3 aliphatic rings. The monoisotopic (exact) mass is 538 g/mol. The summed E-state index contributed by atoms with van der Waals surface area (Å²) in [6.45, 7) is 0.646. The van der Waals surface area contributed by atoms with Gasteiger partial charge in [-0.25, -0.2) is 10.4 Å². The zero-order chi connectivity index (χ0) is 27.8. The molecular weight excluding hydrogens is 512 g/mol. The fourth-order valence-electron chi connectivity index (χ4n) is 4.99. The Morgan fingerprint density at radius 3 is 2.67 bits per heavy atom. The minimum Gasteiger partial charge on any atom is -0.387 e. The number of fused-ring (bicyclic) bond motifs is 2. The minimum atomic E-state index is -0.991. The predicted molar refractivity (Wildman–Crippen MR) is 146 cm³/mol. The Hall–Kier alpha value is -4.97. The third-order valence-electron chi connectivity index (χ3n) is 7.31. The average Bonchev–Trinajstić information content (AvgIpc) is 3.66. The summed E-state index contributed by atoms with van der Waals surface area (Å²) in [5.74, 6) is -1.78. The van der Waals surface area contributed by atoms with Gasteiger partial charge in [0.2, 0.25) is 11.8 Å². The molecule has 202 valence electrons. The number of carbonyl (C=O) groups excluding carboxylic acids is 4. The highest BCUT2D eigenvalue weighted by Crippen LogP contribution is 2.31. The van der Waals surface area contributed by atoms with Gasteiger partial charge in [-0.15, -0.1) is 0 Å². The van der Waals surface area contributed by atoms with Crippen LogP contribution in [0.4, 0.5) is 5.69 Å². The van der Waals surface area contributed by atoms with E-state index in [1.54, 1.807) is 30.6 Å². The number of aromatic nitrogens is 2. The summed E-state index contributed by atoms with van der Waals surface area (Å²) in [4.78, 5) is 59.5. The summed E-state index contributed by atoms with van der Waals surface area (Å²) in [7, 11) is 0. The van der Waals surface area contributed by atoms with Crippen LogP contribution < -0.4 is 21.5 Å². The molecule has 1 aliphatic carbocycles. The van der Waals surface area contributed by atoms with E-state index in [1.807, 2.05) is 24.3 Å². The molecule has 12 nitrogen and oxygen atoms in total. The summed E-state index contributed by atoms with van der Waals surface area (Å²) in [6, 6.07) is 11.7. The Labute approximate surface area is 228 Å². The van der Waals surface area contributed by atoms with Crippen molar-refractivity contribution in [1.29, 1.82) is 5.41 Å². The Bertz CT molecular complexity index is 1600. The zero-order valence-corrected chi connectivity index (χ0v) is 21.3. The molecule has 4 amide bonds. The number of benzene rings is 2. The van der Waals surface area contributed by atoms with Crippen LogP contribution in [-0.4, -0.2) is 63.3 Å². The van der Waals surface area contributed by atoms with E-state index in [2.05, 4.69) is 31.5 Å². The van der Waals surface area contributed by atoms with Gasteiger partial charge in [0.1, 0.15) is 6.04 Å². The van der Waals surface area contributed by atoms with Crippen molar-refractivity contribution < 1.29 is 19.2 Å². The molecule has 12 heteroatoms. The summed E-state index contributed by atoms with van der Waals surface area (Å²) >= 11 is 0. The summed E-state index contributed by atoms with van der Waals surface area (Å²) in [6.07, 6.45) is 5.85. The highest BCUT2D eigenvalue weighted by Gasteiger charge is 2.44. The van der Waals surface area contributed by atoms with E-state index < -0.39 is 29.7 Å². The molecule has 0 radical (unpaired) electrons. The average molecular weight is 539 g/mol. The van der Waals surface area contributed by atoms with Crippen LogP contribution in [-0.2, 0) is 9.59 Å². The fraction of sp³-hybridized carbons (Fsp3) is 0.250. The molecular formula is C28H26N8O4. The first kappa shape index (κ1) is 25.3. The molecule has 3 unspecified atom stereocenters. The number of amides is 4. The Morgan fingerprint density at radius 1 is 1.07 bits per heavy atom. The van der Waals surface area contributed by atoms with Crippen LogP contribution in [0.15, 0.2) is 54.9 Å². The van der Waals surface area contributed by atoms with Crippen LogP contribution in [0.3, 0.4) is 0 Å². The van der Waals surface area contributed by atoms with Gasteiger partial charge in [0.05, 0.1) is 34.1 Å². The second kappa shape index (κ2) is 10.3. The van der Waals surface area contributed by atoms with E-state index in [1.165, 1.54) is 6.21 Å². The van der Waals surface area contributed by atoms with Crippen LogP contribution in [0.1, 0.15) is 45.7 Å². The van der Waals surface area contributed by atoms with E-state index in [-0.39, 0.29) is 30.0 Å². The van der Waals surface area contributed by atoms with Crippen molar-refractivity contribution in [2.24, 2.45) is 5.92 Å². The maximum Gasteiger partial charge on any atom is 0.262 e. The SMILES string of the molecule is N=C/C(=C\NC1CC1CNNc1ccc2c(c1)C(=O)N(C1CCC(=O)NC1=O)C2=O)c1cnc2ccccc2n1. The topological polar surface area (TPSA) is 169 Å². The molecule has 2 fully saturated rings. The van der Waals surface area contributed by atoms with Gasteiger partial charge in [-0.1, -0.05) is 12.1 Å². The van der Waals surface area contributed by atoms with Gasteiger partial charge in [0.15, 0.2) is 0 Å². The van der Waals surface area contributed by atoms with Crippen LogP contribution in [0.25, 0.3) is 16.6 Å². The molecule has 3 aromatic rings. The van der Waals surface area contributed by atoms with Gasteiger partial charge < -0.3 is 16.2 Å². The van der Waals surface area contributed by atoms with Crippen molar-refractivity contribution in [3.05, 3.63) is 71.7 Å². The van der Waals surface area contributed by atoms with Crippen molar-refractivity contribution in [3.8, 4) is 0 Å². The quantitative estimate of drug-likeness (QED) is 0.154. The number of hydrogen-bond donors (Lipinski definition) is 5. The molecule has 6 rings (SSSR count). The minimum absolute atomic E-state index is 0.0769. The van der Waals surface area contributed by atoms with Crippen molar-refractivity contribution in [3.63, 3.8) is 0 Å². The van der Waals surface area contributed by atoms with Gasteiger partial charge in [0.25, 0.3) is 11.8 Å². The number of piperidine rings is 1. The van der Waals surface area contributed by atoms with Crippen molar-refractivity contribution >= 4 is 52.1 Å². The van der Waals surface area contributed by atoms with E-state index in [9.17, 15) is 19.2 Å². The molecule has 2 aliphatic heterocycles. The Morgan fingerprint density at radius 2 is 1.88 bits per heavy atom. The largest absolute Gasteiger partial charge is 0.387 e. The number of para-hydroxylation sites is 2. The number of allylic oxidation sites excluding steroid dienone is 1. The van der Waals surface area contributed by atoms with Gasteiger partial charge in [-0.05, 0) is 49.1 Å². The summed E-state index contributed by atoms with van der Waals surface area (Å²) < 4.78 is 0. The second-order valence-electron chi connectivity index (χ2n) is 9.97. The third kappa shape index (κ3) is 4.80. The molecule has 3 heterocycles. The summed E-state index contributed by atoms with van der Waals surface area (Å²) in [5, 5.41) is 13.3. The van der Waals surface area contributed by atoms with E-state index >= 15 is 0 Å². The van der Waals surface area contributed by atoms with Crippen LogP contribution in [0.5, 0.6) is 0 Å². The lowest BCUT2D eigenvalue weighted by Crippen LogP contribution is -2.54. The van der Waals surface area contributed by atoms with Crippen LogP contribution in [0, 0.1) is 11.3 Å². The second-order valence-corrected chi connectivity index (χ2v) is 9.97. The molecule has 0 spiro atoms. The lowest BCUT2D eigenvalue weighted by atomic mass is 10.0. The number of hydrogen-bond acceptors (Lipinski definition) is 10. The van der Waals surface area contributed by atoms with Gasteiger partial charge in [-0.2, -0.15) is 0 Å². The molecule has 1 aromatic heterocycles. The van der Waals surface area contributed by atoms with Gasteiger partial charge >= 0.3 is 0 Å². The third-order valence-corrected chi connectivity index (χ3v) is 7.31. The maximum absolute atomic E-state index is 13.0. The van der Waals surface area contributed by atoms with E-state index in [4.69, 9.17) is 5.41 Å². The highest BCUT2D eigenvalue weighted by molar-refractivity contribution is 6.23. The number of hydrazine groups is 1.